The van der Waals surface area contributed by atoms with Gasteiger partial charge < -0.3 is 22.1 Å². The Morgan fingerprint density at radius 3 is 2.44 bits per heavy atom. The van der Waals surface area contributed by atoms with Gasteiger partial charge in [0.2, 0.25) is 11.9 Å². The number of rotatable bonds is 7. The lowest BCUT2D eigenvalue weighted by Gasteiger charge is -2.38. The first-order valence-electron chi connectivity index (χ1n) is 10.2. The zero-order chi connectivity index (χ0) is 25.1. The van der Waals surface area contributed by atoms with Crippen LogP contribution in [0.5, 0.6) is 0 Å². The first-order chi connectivity index (χ1) is 15.9. The monoisotopic (exact) mass is 509 g/mol. The molecule has 0 bridgehead atoms. The molecule has 0 spiro atoms. The van der Waals surface area contributed by atoms with Crippen LogP contribution >= 0.6 is 11.6 Å². The number of nitrogens with two attached hydrogens (primary N) is 2. The van der Waals surface area contributed by atoms with E-state index < -0.39 is 26.8 Å². The predicted molar refractivity (Wildman–Crippen MR) is 131 cm³/mol. The first-order valence-corrected chi connectivity index (χ1v) is 12.0. The van der Waals surface area contributed by atoms with Crippen molar-refractivity contribution in [3.63, 3.8) is 0 Å². The van der Waals surface area contributed by atoms with Gasteiger partial charge in [0.1, 0.15) is 5.66 Å². The van der Waals surface area contributed by atoms with Gasteiger partial charge in [0.05, 0.1) is 4.90 Å². The number of anilines is 2. The van der Waals surface area contributed by atoms with Crippen molar-refractivity contribution < 1.29 is 17.1 Å². The smallest absolute Gasteiger partial charge is 0.332 e. The fourth-order valence-corrected chi connectivity index (χ4v) is 4.22. The van der Waals surface area contributed by atoms with E-state index in [1.54, 1.807) is 11.0 Å². The van der Waals surface area contributed by atoms with Gasteiger partial charge in [-0.05, 0) is 68.7 Å². The molecule has 0 aromatic heterocycles. The van der Waals surface area contributed by atoms with Crippen molar-refractivity contribution in [3.8, 4) is 0 Å². The number of halogens is 2. The van der Waals surface area contributed by atoms with E-state index in [9.17, 15) is 17.1 Å². The quantitative estimate of drug-likeness (QED) is 0.332. The number of amides is 2. The number of urea groups is 1. The summed E-state index contributed by atoms with van der Waals surface area (Å²) in [6.07, 6.45) is 1.23. The number of hydrogen-bond acceptors (Lipinski definition) is 8. The summed E-state index contributed by atoms with van der Waals surface area (Å²) >= 11 is 6.47. The number of nitrogens with one attached hydrogen (secondary N) is 2. The van der Waals surface area contributed by atoms with Crippen molar-refractivity contribution in [2.75, 3.05) is 16.8 Å². The van der Waals surface area contributed by atoms with Crippen molar-refractivity contribution >= 4 is 51.1 Å². The van der Waals surface area contributed by atoms with Gasteiger partial charge in [0.15, 0.2) is 0 Å². The van der Waals surface area contributed by atoms with Gasteiger partial charge in [0, 0.05) is 22.9 Å². The third-order valence-corrected chi connectivity index (χ3v) is 6.18. The van der Waals surface area contributed by atoms with Crippen LogP contribution in [0.15, 0.2) is 57.3 Å². The molecule has 0 fully saturated rings. The lowest BCUT2D eigenvalue weighted by molar-refractivity contribution is 0.252. The van der Waals surface area contributed by atoms with Crippen LogP contribution in [-0.2, 0) is 16.6 Å². The lowest BCUT2D eigenvalue weighted by Crippen LogP contribution is -2.54. The second kappa shape index (κ2) is 9.85. The van der Waals surface area contributed by atoms with Crippen molar-refractivity contribution in [1.82, 2.24) is 5.32 Å². The molecule has 0 radical (unpaired) electrons. The number of nitrogens with zero attached hydrogens (tertiary/aromatic N) is 3. The molecular formula is C21H25ClFN7O3S. The topological polar surface area (TPSA) is 155 Å². The Bertz CT molecular complexity index is 1250. The van der Waals surface area contributed by atoms with Crippen LogP contribution in [0, 0.1) is 0 Å². The molecule has 0 saturated heterocycles. The summed E-state index contributed by atoms with van der Waals surface area (Å²) in [4.78, 5) is 21.6. The van der Waals surface area contributed by atoms with Crippen molar-refractivity contribution in [2.24, 2.45) is 21.5 Å². The van der Waals surface area contributed by atoms with Crippen LogP contribution in [0.4, 0.5) is 20.1 Å². The molecule has 3 rings (SSSR count). The van der Waals surface area contributed by atoms with Crippen LogP contribution in [0.1, 0.15) is 25.8 Å². The number of aryl methyl sites for hydroxylation is 1. The highest BCUT2D eigenvalue weighted by atomic mass is 35.5. The van der Waals surface area contributed by atoms with Gasteiger partial charge >= 0.3 is 16.3 Å². The zero-order valence-corrected chi connectivity index (χ0v) is 20.1. The maximum absolute atomic E-state index is 12.9. The highest BCUT2D eigenvalue weighted by Gasteiger charge is 2.33. The Morgan fingerprint density at radius 2 is 1.85 bits per heavy atom. The van der Waals surface area contributed by atoms with Gasteiger partial charge in [-0.25, -0.2) is 9.79 Å². The second-order valence-corrected chi connectivity index (χ2v) is 9.75. The number of carbonyl (C=O) groups excluding carboxylic acids is 1. The van der Waals surface area contributed by atoms with Crippen molar-refractivity contribution in [2.45, 2.75) is 37.2 Å². The second-order valence-electron chi connectivity index (χ2n) is 7.99. The minimum Gasteiger partial charge on any atom is -0.369 e. The van der Waals surface area contributed by atoms with E-state index in [0.717, 1.165) is 23.4 Å². The number of benzene rings is 2. The SMILES string of the molecule is CC1(C)N=C(N)N=C(N)N1c1ccc(CCCNC(=O)Nc2ccc(S(=O)(=O)F)cc2)c(Cl)c1. The molecule has 0 aliphatic carbocycles. The molecule has 10 nitrogen and oxygen atoms in total. The molecular weight excluding hydrogens is 485 g/mol. The fraction of sp³-hybridized carbons (Fsp3) is 0.286. The highest BCUT2D eigenvalue weighted by molar-refractivity contribution is 7.86. The van der Waals surface area contributed by atoms with Crippen molar-refractivity contribution in [1.29, 1.82) is 0 Å². The fourth-order valence-electron chi connectivity index (χ4n) is 3.49. The summed E-state index contributed by atoms with van der Waals surface area (Å²) in [5.74, 6) is 0.334. The molecule has 182 valence electrons. The highest BCUT2D eigenvalue weighted by Crippen LogP contribution is 2.31. The maximum Gasteiger partial charge on any atom is 0.332 e. The number of carbonyl (C=O) groups is 1. The van der Waals surface area contributed by atoms with Gasteiger partial charge in [-0.2, -0.15) is 13.4 Å². The number of hydrogen-bond donors (Lipinski definition) is 4. The Labute approximate surface area is 202 Å². The largest absolute Gasteiger partial charge is 0.369 e. The molecule has 2 aromatic rings. The maximum atomic E-state index is 12.9. The molecule has 1 aliphatic rings. The zero-order valence-electron chi connectivity index (χ0n) is 18.5. The molecule has 1 aliphatic heterocycles. The molecule has 2 amide bonds. The molecule has 6 N–H and O–H groups in total. The van der Waals surface area contributed by atoms with E-state index in [1.165, 1.54) is 12.1 Å². The van der Waals surface area contributed by atoms with E-state index in [4.69, 9.17) is 23.1 Å². The Kier molecular flexibility index (Phi) is 7.32. The van der Waals surface area contributed by atoms with E-state index in [0.29, 0.717) is 30.1 Å². The predicted octanol–water partition coefficient (Wildman–Crippen LogP) is 2.94. The Morgan fingerprint density at radius 1 is 1.18 bits per heavy atom. The molecule has 13 heteroatoms. The number of guanidine groups is 2. The third kappa shape index (κ3) is 6.14. The van der Waals surface area contributed by atoms with E-state index >= 15 is 0 Å². The molecule has 34 heavy (non-hydrogen) atoms. The average molecular weight is 510 g/mol. The Hall–Kier alpha value is -3.38. The van der Waals surface area contributed by atoms with Gasteiger partial charge in [0.25, 0.3) is 0 Å². The van der Waals surface area contributed by atoms with Crippen LogP contribution in [-0.4, -0.2) is 38.6 Å². The summed E-state index contributed by atoms with van der Waals surface area (Å²) in [5.41, 5.74) is 13.0. The molecule has 0 atom stereocenters. The first kappa shape index (κ1) is 25.2. The third-order valence-electron chi connectivity index (χ3n) is 4.99. The van der Waals surface area contributed by atoms with Crippen LogP contribution in [0.25, 0.3) is 0 Å². The van der Waals surface area contributed by atoms with Crippen LogP contribution < -0.4 is 27.0 Å². The molecule has 0 unspecified atom stereocenters. The van der Waals surface area contributed by atoms with Crippen LogP contribution in [0.2, 0.25) is 5.02 Å². The number of aliphatic imine (C=N–C) groups is 2. The molecule has 2 aromatic carbocycles. The summed E-state index contributed by atoms with van der Waals surface area (Å²) in [5, 5.41) is 5.78. The summed E-state index contributed by atoms with van der Waals surface area (Å²) in [6.45, 7) is 4.09. The van der Waals surface area contributed by atoms with Gasteiger partial charge in [-0.3, -0.25) is 4.90 Å². The minimum absolute atomic E-state index is 0.114. The van der Waals surface area contributed by atoms with E-state index in [-0.39, 0.29) is 11.9 Å². The minimum atomic E-state index is -4.78. The standard InChI is InChI=1S/C21H25ClFN7O3S/c1-21(2)29-18(24)28-19(25)30(21)15-8-5-13(17(22)12-15)4-3-11-26-20(31)27-14-6-9-16(10-7-14)34(23,32)33/h5-10,12H,3-4,11H2,1-2H3,(H2,26,27,31)(H4,24,25,28,29). The molecule has 0 saturated carbocycles. The summed E-state index contributed by atoms with van der Waals surface area (Å²) in [6, 6.07) is 9.79. The van der Waals surface area contributed by atoms with E-state index in [1.807, 2.05) is 26.0 Å². The van der Waals surface area contributed by atoms with Gasteiger partial charge in [-0.1, -0.05) is 17.7 Å². The Balaban J connectivity index is 1.52. The lowest BCUT2D eigenvalue weighted by atomic mass is 10.1. The summed E-state index contributed by atoms with van der Waals surface area (Å²) in [7, 11) is -4.78. The average Bonchev–Trinajstić information content (AvgIpc) is 2.70. The summed E-state index contributed by atoms with van der Waals surface area (Å²) < 4.78 is 34.6. The van der Waals surface area contributed by atoms with Gasteiger partial charge in [-0.15, -0.1) is 3.89 Å². The van der Waals surface area contributed by atoms with Crippen molar-refractivity contribution in [3.05, 3.63) is 53.1 Å². The normalized spacial score (nSPS) is 15.4. The molecule has 1 heterocycles. The van der Waals surface area contributed by atoms with Crippen LogP contribution in [0.3, 0.4) is 0 Å². The van der Waals surface area contributed by atoms with E-state index in [2.05, 4.69) is 20.6 Å².